The number of nitro groups is 1. The van der Waals surface area contributed by atoms with E-state index in [0.717, 1.165) is 12.8 Å². The summed E-state index contributed by atoms with van der Waals surface area (Å²) < 4.78 is 0. The molecule has 0 saturated carbocycles. The summed E-state index contributed by atoms with van der Waals surface area (Å²) in [6.07, 6.45) is 7.66. The molecule has 0 spiro atoms. The smallest absolute Gasteiger partial charge is 0.262 e. The molecule has 6 heteroatoms. The van der Waals surface area contributed by atoms with Gasteiger partial charge in [-0.1, -0.05) is 26.7 Å². The Kier molecular flexibility index (Phi) is 6.49. The maximum absolute atomic E-state index is 10.5. The number of hydrogen-bond donors (Lipinski definition) is 1. The summed E-state index contributed by atoms with van der Waals surface area (Å²) in [5, 5.41) is 14.6. The summed E-state index contributed by atoms with van der Waals surface area (Å²) in [4.78, 5) is 13.9. The summed E-state index contributed by atoms with van der Waals surface area (Å²) in [7, 11) is 0. The predicted octanol–water partition coefficient (Wildman–Crippen LogP) is 3.60. The van der Waals surface area contributed by atoms with Crippen LogP contribution in [0.5, 0.6) is 0 Å². The van der Waals surface area contributed by atoms with E-state index in [1.807, 2.05) is 6.21 Å². The van der Waals surface area contributed by atoms with Crippen LogP contribution in [0.15, 0.2) is 23.4 Å². The number of pyridine rings is 1. The number of anilines is 1. The summed E-state index contributed by atoms with van der Waals surface area (Å²) in [5.41, 5.74) is 2.76. The number of nitrogens with one attached hydrogen (secondary N) is 1. The Hall–Kier alpha value is -1.98. The number of rotatable bonds is 8. The van der Waals surface area contributed by atoms with Gasteiger partial charge in [0, 0.05) is 12.3 Å². The molecule has 1 aromatic rings. The van der Waals surface area contributed by atoms with E-state index in [1.165, 1.54) is 25.1 Å². The van der Waals surface area contributed by atoms with Crippen molar-refractivity contribution in [2.75, 3.05) is 5.43 Å². The van der Waals surface area contributed by atoms with Crippen molar-refractivity contribution >= 4 is 17.7 Å². The minimum Gasteiger partial charge on any atom is -0.262 e. The first kappa shape index (κ1) is 15.1. The van der Waals surface area contributed by atoms with Gasteiger partial charge in [0.15, 0.2) is 0 Å². The zero-order valence-corrected chi connectivity index (χ0v) is 11.4. The van der Waals surface area contributed by atoms with Crippen LogP contribution in [0.4, 0.5) is 11.5 Å². The molecule has 6 nitrogen and oxygen atoms in total. The van der Waals surface area contributed by atoms with Gasteiger partial charge in [-0.25, -0.2) is 4.98 Å². The molecule has 0 radical (unpaired) electrons. The van der Waals surface area contributed by atoms with E-state index in [0.29, 0.717) is 11.7 Å². The molecule has 1 N–H and O–H groups in total. The molecule has 0 amide bonds. The molecule has 0 aliphatic rings. The Labute approximate surface area is 113 Å². The van der Waals surface area contributed by atoms with Gasteiger partial charge in [0.2, 0.25) is 0 Å². The van der Waals surface area contributed by atoms with Crippen LogP contribution in [0.1, 0.15) is 39.5 Å². The topological polar surface area (TPSA) is 80.4 Å². The van der Waals surface area contributed by atoms with E-state index in [1.54, 1.807) is 6.07 Å². The molecule has 0 aliphatic carbocycles. The third kappa shape index (κ3) is 5.46. The first-order valence-corrected chi connectivity index (χ1v) is 6.57. The molecule has 0 aromatic carbocycles. The monoisotopic (exact) mass is 264 g/mol. The molecule has 104 valence electrons. The highest BCUT2D eigenvalue weighted by atomic mass is 16.6. The highest BCUT2D eigenvalue weighted by Gasteiger charge is 2.05. The van der Waals surface area contributed by atoms with Crippen molar-refractivity contribution in [3.8, 4) is 0 Å². The molecule has 0 aliphatic heterocycles. The average molecular weight is 264 g/mol. The summed E-state index contributed by atoms with van der Waals surface area (Å²) in [6, 6.07) is 2.95. The Balaban J connectivity index is 2.48. The highest BCUT2D eigenvalue weighted by molar-refractivity contribution is 5.62. The zero-order valence-electron chi connectivity index (χ0n) is 11.4. The van der Waals surface area contributed by atoms with Crippen LogP contribution >= 0.6 is 0 Å². The predicted molar refractivity (Wildman–Crippen MR) is 76.3 cm³/mol. The Bertz CT molecular complexity index is 417. The Morgan fingerprint density at radius 1 is 1.53 bits per heavy atom. The van der Waals surface area contributed by atoms with Gasteiger partial charge in [0.25, 0.3) is 5.69 Å². The molecule has 1 aromatic heterocycles. The maximum Gasteiger partial charge on any atom is 0.287 e. The average Bonchev–Trinajstić information content (AvgIpc) is 2.43. The van der Waals surface area contributed by atoms with Crippen LogP contribution in [0, 0.1) is 16.0 Å². The molecule has 0 saturated heterocycles. The van der Waals surface area contributed by atoms with E-state index in [2.05, 4.69) is 29.4 Å². The number of aromatic nitrogens is 1. The second-order valence-corrected chi connectivity index (χ2v) is 4.36. The Morgan fingerprint density at radius 3 is 2.84 bits per heavy atom. The first-order chi connectivity index (χ1) is 9.17. The SMILES string of the molecule is CCCCC(/C=N/Nc1ccc([N+](=O)[O-])cn1)CC. The van der Waals surface area contributed by atoms with E-state index < -0.39 is 4.92 Å². The van der Waals surface area contributed by atoms with Gasteiger partial charge >= 0.3 is 0 Å². The van der Waals surface area contributed by atoms with Crippen LogP contribution < -0.4 is 5.43 Å². The van der Waals surface area contributed by atoms with E-state index >= 15 is 0 Å². The second-order valence-electron chi connectivity index (χ2n) is 4.36. The van der Waals surface area contributed by atoms with E-state index in [9.17, 15) is 10.1 Å². The fourth-order valence-electron chi connectivity index (χ4n) is 1.62. The molecule has 1 unspecified atom stereocenters. The molecular formula is C13H20N4O2. The minimum atomic E-state index is -0.474. The van der Waals surface area contributed by atoms with E-state index in [4.69, 9.17) is 0 Å². The first-order valence-electron chi connectivity index (χ1n) is 6.57. The Morgan fingerprint density at radius 2 is 2.32 bits per heavy atom. The van der Waals surface area contributed by atoms with Crippen molar-refractivity contribution in [3.05, 3.63) is 28.4 Å². The molecule has 1 atom stereocenters. The molecule has 1 rings (SSSR count). The van der Waals surface area contributed by atoms with Gasteiger partial charge in [-0.05, 0) is 24.8 Å². The van der Waals surface area contributed by atoms with Crippen molar-refractivity contribution in [2.45, 2.75) is 39.5 Å². The molecule has 0 bridgehead atoms. The van der Waals surface area contributed by atoms with Crippen LogP contribution in [-0.2, 0) is 0 Å². The number of nitrogens with zero attached hydrogens (tertiary/aromatic N) is 3. The van der Waals surface area contributed by atoms with Gasteiger partial charge < -0.3 is 0 Å². The third-order valence-electron chi connectivity index (χ3n) is 2.88. The lowest BCUT2D eigenvalue weighted by Gasteiger charge is -2.07. The standard InChI is InChI=1S/C13H20N4O2/c1-3-5-6-11(4-2)9-15-16-13-8-7-12(10-14-13)17(18)19/h7-11H,3-6H2,1-2H3,(H,14,16)/b15-9+. The molecule has 1 heterocycles. The van der Waals surface area contributed by atoms with Gasteiger partial charge in [0.1, 0.15) is 12.0 Å². The fourth-order valence-corrected chi connectivity index (χ4v) is 1.62. The fraction of sp³-hybridized carbons (Fsp3) is 0.538. The molecule has 19 heavy (non-hydrogen) atoms. The van der Waals surface area contributed by atoms with Crippen molar-refractivity contribution in [2.24, 2.45) is 11.0 Å². The zero-order chi connectivity index (χ0) is 14.1. The molecular weight excluding hydrogens is 244 g/mol. The number of unbranched alkanes of at least 4 members (excludes halogenated alkanes) is 1. The van der Waals surface area contributed by atoms with Gasteiger partial charge in [-0.3, -0.25) is 15.5 Å². The second kappa shape index (κ2) is 8.18. The van der Waals surface area contributed by atoms with Crippen LogP contribution in [0.3, 0.4) is 0 Å². The normalized spacial score (nSPS) is 12.5. The van der Waals surface area contributed by atoms with Crippen LogP contribution in [0.2, 0.25) is 0 Å². The van der Waals surface area contributed by atoms with E-state index in [-0.39, 0.29) is 5.69 Å². The lowest BCUT2D eigenvalue weighted by atomic mass is 10.0. The van der Waals surface area contributed by atoms with Crippen molar-refractivity contribution < 1.29 is 4.92 Å². The molecule has 0 fully saturated rings. The summed E-state index contributed by atoms with van der Waals surface area (Å²) >= 11 is 0. The van der Waals surface area contributed by atoms with Gasteiger partial charge in [-0.15, -0.1) is 0 Å². The maximum atomic E-state index is 10.5. The number of hydrazone groups is 1. The number of hydrogen-bond acceptors (Lipinski definition) is 5. The van der Waals surface area contributed by atoms with Crippen molar-refractivity contribution in [3.63, 3.8) is 0 Å². The minimum absolute atomic E-state index is 0.0242. The summed E-state index contributed by atoms with van der Waals surface area (Å²) in [6.45, 7) is 4.30. The lowest BCUT2D eigenvalue weighted by molar-refractivity contribution is -0.385. The summed E-state index contributed by atoms with van der Waals surface area (Å²) in [5.74, 6) is 0.970. The van der Waals surface area contributed by atoms with Gasteiger partial charge in [0.05, 0.1) is 4.92 Å². The van der Waals surface area contributed by atoms with Crippen molar-refractivity contribution in [1.82, 2.24) is 4.98 Å². The lowest BCUT2D eigenvalue weighted by Crippen LogP contribution is -2.02. The quantitative estimate of drug-likeness (QED) is 0.442. The van der Waals surface area contributed by atoms with Crippen LogP contribution in [0.25, 0.3) is 0 Å². The third-order valence-corrected chi connectivity index (χ3v) is 2.88. The van der Waals surface area contributed by atoms with Crippen LogP contribution in [-0.4, -0.2) is 16.1 Å². The highest BCUT2D eigenvalue weighted by Crippen LogP contribution is 2.12. The largest absolute Gasteiger partial charge is 0.287 e. The van der Waals surface area contributed by atoms with Gasteiger partial charge in [-0.2, -0.15) is 5.10 Å². The van der Waals surface area contributed by atoms with Crippen molar-refractivity contribution in [1.29, 1.82) is 0 Å².